The Labute approximate surface area is 116 Å². The van der Waals surface area contributed by atoms with Crippen molar-refractivity contribution in [1.29, 1.82) is 0 Å². The van der Waals surface area contributed by atoms with Gasteiger partial charge < -0.3 is 11.1 Å². The van der Waals surface area contributed by atoms with Gasteiger partial charge in [0.05, 0.1) is 5.41 Å². The molecule has 3 N–H and O–H groups in total. The van der Waals surface area contributed by atoms with Crippen molar-refractivity contribution in [3.05, 3.63) is 33.8 Å². The summed E-state index contributed by atoms with van der Waals surface area (Å²) in [6.07, 6.45) is 2.17. The fourth-order valence-electron chi connectivity index (χ4n) is 2.26. The smallest absolute Gasteiger partial charge is 0.224 e. The van der Waals surface area contributed by atoms with Gasteiger partial charge in [-0.3, -0.25) is 4.79 Å². The van der Waals surface area contributed by atoms with Gasteiger partial charge in [0.15, 0.2) is 0 Å². The van der Waals surface area contributed by atoms with Crippen LogP contribution in [0, 0.1) is 5.41 Å². The first-order valence-corrected chi connectivity index (χ1v) is 7.01. The first kappa shape index (κ1) is 13.6. The third kappa shape index (κ3) is 2.75. The van der Waals surface area contributed by atoms with Gasteiger partial charge in [0, 0.05) is 17.1 Å². The van der Waals surface area contributed by atoms with Gasteiger partial charge in [-0.25, -0.2) is 0 Å². The van der Waals surface area contributed by atoms with Crippen LogP contribution in [0.15, 0.2) is 22.7 Å². The highest BCUT2D eigenvalue weighted by Gasteiger charge is 2.28. The van der Waals surface area contributed by atoms with Crippen molar-refractivity contribution in [3.63, 3.8) is 0 Å². The molecule has 0 saturated heterocycles. The molecule has 4 heteroatoms. The van der Waals surface area contributed by atoms with E-state index in [1.165, 1.54) is 11.1 Å². The molecule has 1 aromatic rings. The van der Waals surface area contributed by atoms with E-state index in [4.69, 9.17) is 5.73 Å². The first-order chi connectivity index (χ1) is 8.40. The third-order valence-corrected chi connectivity index (χ3v) is 4.13. The molecule has 0 heterocycles. The molecule has 1 aliphatic rings. The zero-order valence-electron chi connectivity index (χ0n) is 10.8. The molecule has 0 saturated carbocycles. The van der Waals surface area contributed by atoms with Crippen molar-refractivity contribution in [2.45, 2.75) is 32.7 Å². The Morgan fingerprint density at radius 1 is 1.56 bits per heavy atom. The van der Waals surface area contributed by atoms with Gasteiger partial charge in [-0.1, -0.05) is 22.0 Å². The van der Waals surface area contributed by atoms with Crippen molar-refractivity contribution in [2.75, 3.05) is 6.54 Å². The summed E-state index contributed by atoms with van der Waals surface area (Å²) in [4.78, 5) is 11.3. The van der Waals surface area contributed by atoms with Crippen LogP contribution < -0.4 is 11.1 Å². The standard InChI is InChI=1S/C14H19BrN2O/c1-14(2,13(16)18)8-17-12-6-3-9-7-10(15)4-5-11(9)12/h4-5,7,12,17H,3,6,8H2,1-2H3,(H2,16,18). The van der Waals surface area contributed by atoms with Gasteiger partial charge in [0.2, 0.25) is 5.91 Å². The molecule has 0 spiro atoms. The van der Waals surface area contributed by atoms with Crippen LogP contribution in [0.5, 0.6) is 0 Å². The number of amides is 1. The lowest BCUT2D eigenvalue weighted by atomic mass is 9.92. The summed E-state index contributed by atoms with van der Waals surface area (Å²) in [6, 6.07) is 6.74. The predicted octanol–water partition coefficient (Wildman–Crippen LogP) is 2.54. The van der Waals surface area contributed by atoms with Crippen LogP contribution in [0.2, 0.25) is 0 Å². The summed E-state index contributed by atoms with van der Waals surface area (Å²) in [6.45, 7) is 4.36. The van der Waals surface area contributed by atoms with Crippen LogP contribution in [-0.4, -0.2) is 12.5 Å². The number of benzene rings is 1. The van der Waals surface area contributed by atoms with Gasteiger partial charge in [0.1, 0.15) is 0 Å². The van der Waals surface area contributed by atoms with Crippen molar-refractivity contribution in [3.8, 4) is 0 Å². The van der Waals surface area contributed by atoms with Crippen LogP contribution in [0.3, 0.4) is 0 Å². The molecule has 3 nitrogen and oxygen atoms in total. The number of primary amides is 1. The number of hydrogen-bond donors (Lipinski definition) is 2. The first-order valence-electron chi connectivity index (χ1n) is 6.22. The molecular weight excluding hydrogens is 292 g/mol. The monoisotopic (exact) mass is 310 g/mol. The van der Waals surface area contributed by atoms with E-state index in [-0.39, 0.29) is 5.91 Å². The van der Waals surface area contributed by atoms with E-state index in [2.05, 4.69) is 39.4 Å². The highest BCUT2D eigenvalue weighted by Crippen LogP contribution is 2.33. The molecule has 0 bridgehead atoms. The van der Waals surface area contributed by atoms with Crippen molar-refractivity contribution in [2.24, 2.45) is 11.1 Å². The van der Waals surface area contributed by atoms with Gasteiger partial charge >= 0.3 is 0 Å². The quantitative estimate of drug-likeness (QED) is 0.898. The van der Waals surface area contributed by atoms with Crippen LogP contribution in [0.4, 0.5) is 0 Å². The van der Waals surface area contributed by atoms with Gasteiger partial charge in [0.25, 0.3) is 0 Å². The molecular formula is C14H19BrN2O. The molecule has 0 radical (unpaired) electrons. The highest BCUT2D eigenvalue weighted by atomic mass is 79.9. The molecule has 2 rings (SSSR count). The Balaban J connectivity index is 2.04. The summed E-state index contributed by atoms with van der Waals surface area (Å²) >= 11 is 3.49. The second-order valence-electron chi connectivity index (χ2n) is 5.56. The Hall–Kier alpha value is -0.870. The minimum Gasteiger partial charge on any atom is -0.369 e. The number of hydrogen-bond acceptors (Lipinski definition) is 2. The van der Waals surface area contributed by atoms with E-state index in [0.29, 0.717) is 12.6 Å². The van der Waals surface area contributed by atoms with E-state index < -0.39 is 5.41 Å². The van der Waals surface area contributed by atoms with Crippen LogP contribution in [-0.2, 0) is 11.2 Å². The van der Waals surface area contributed by atoms with Crippen molar-refractivity contribution >= 4 is 21.8 Å². The zero-order valence-corrected chi connectivity index (χ0v) is 12.4. The van der Waals surface area contributed by atoms with E-state index in [1.54, 1.807) is 0 Å². The lowest BCUT2D eigenvalue weighted by Gasteiger charge is -2.24. The average molecular weight is 311 g/mol. The molecule has 1 aliphatic carbocycles. The fourth-order valence-corrected chi connectivity index (χ4v) is 2.67. The number of nitrogens with one attached hydrogen (secondary N) is 1. The van der Waals surface area contributed by atoms with Crippen molar-refractivity contribution in [1.82, 2.24) is 5.32 Å². The maximum atomic E-state index is 11.3. The Morgan fingerprint density at radius 2 is 2.28 bits per heavy atom. The Bertz CT molecular complexity index is 471. The number of carbonyl (C=O) groups is 1. The Morgan fingerprint density at radius 3 is 2.94 bits per heavy atom. The molecule has 0 aromatic heterocycles. The molecule has 18 heavy (non-hydrogen) atoms. The number of carbonyl (C=O) groups excluding carboxylic acids is 1. The average Bonchev–Trinajstić information content (AvgIpc) is 2.68. The summed E-state index contributed by atoms with van der Waals surface area (Å²) in [5.74, 6) is -0.260. The van der Waals surface area contributed by atoms with Gasteiger partial charge in [-0.05, 0) is 49.9 Å². The molecule has 0 fully saturated rings. The number of halogens is 1. The minimum absolute atomic E-state index is 0.260. The fraction of sp³-hybridized carbons (Fsp3) is 0.500. The predicted molar refractivity (Wildman–Crippen MR) is 76.2 cm³/mol. The number of aryl methyl sites for hydroxylation is 1. The molecule has 1 aromatic carbocycles. The third-order valence-electron chi connectivity index (χ3n) is 3.64. The maximum Gasteiger partial charge on any atom is 0.224 e. The van der Waals surface area contributed by atoms with Crippen LogP contribution >= 0.6 is 15.9 Å². The normalized spacial score (nSPS) is 18.7. The van der Waals surface area contributed by atoms with Gasteiger partial charge in [-0.15, -0.1) is 0 Å². The largest absolute Gasteiger partial charge is 0.369 e. The molecule has 1 atom stereocenters. The summed E-state index contributed by atoms with van der Waals surface area (Å²) in [5, 5.41) is 3.46. The number of fused-ring (bicyclic) bond motifs is 1. The van der Waals surface area contributed by atoms with E-state index >= 15 is 0 Å². The minimum atomic E-state index is -0.502. The van der Waals surface area contributed by atoms with Crippen LogP contribution in [0.1, 0.15) is 37.4 Å². The second-order valence-corrected chi connectivity index (χ2v) is 6.48. The molecule has 98 valence electrons. The van der Waals surface area contributed by atoms with Crippen LogP contribution in [0.25, 0.3) is 0 Å². The molecule has 1 amide bonds. The number of rotatable bonds is 4. The number of nitrogens with two attached hydrogens (primary N) is 1. The zero-order chi connectivity index (χ0) is 13.3. The lowest BCUT2D eigenvalue weighted by Crippen LogP contribution is -2.41. The highest BCUT2D eigenvalue weighted by molar-refractivity contribution is 9.10. The van der Waals surface area contributed by atoms with Gasteiger partial charge in [-0.2, -0.15) is 0 Å². The molecule has 1 unspecified atom stereocenters. The van der Waals surface area contributed by atoms with E-state index in [1.807, 2.05) is 13.8 Å². The molecule has 0 aliphatic heterocycles. The topological polar surface area (TPSA) is 55.1 Å². The lowest BCUT2D eigenvalue weighted by molar-refractivity contribution is -0.125. The summed E-state index contributed by atoms with van der Waals surface area (Å²) in [7, 11) is 0. The SMILES string of the molecule is CC(C)(CNC1CCc2cc(Br)ccc21)C(N)=O. The van der Waals surface area contributed by atoms with Crippen molar-refractivity contribution < 1.29 is 4.79 Å². The Kier molecular flexibility index (Phi) is 3.78. The van der Waals surface area contributed by atoms with E-state index in [9.17, 15) is 4.79 Å². The summed E-state index contributed by atoms with van der Waals surface area (Å²) in [5.41, 5.74) is 7.62. The second kappa shape index (κ2) is 5.02. The summed E-state index contributed by atoms with van der Waals surface area (Å²) < 4.78 is 1.12. The maximum absolute atomic E-state index is 11.3. The van der Waals surface area contributed by atoms with E-state index in [0.717, 1.165) is 17.3 Å².